The Hall–Kier alpha value is -3.06. The lowest BCUT2D eigenvalue weighted by molar-refractivity contribution is -0.138. The molecule has 2 aliphatic rings. The molecule has 7 heteroatoms. The molecular weight excluding hydrogens is 446 g/mol. The Morgan fingerprint density at radius 2 is 1.53 bits per heavy atom. The van der Waals surface area contributed by atoms with Crippen LogP contribution in [0.5, 0.6) is 0 Å². The number of hydrogen-bond acceptors (Lipinski definition) is 5. The van der Waals surface area contributed by atoms with Crippen LogP contribution in [0, 0.1) is 5.92 Å². The summed E-state index contributed by atoms with van der Waals surface area (Å²) in [7, 11) is 0. The van der Waals surface area contributed by atoms with Crippen molar-refractivity contribution in [1.29, 1.82) is 0 Å². The van der Waals surface area contributed by atoms with Gasteiger partial charge in [0.2, 0.25) is 5.13 Å². The van der Waals surface area contributed by atoms with Crippen LogP contribution in [0.2, 0.25) is 0 Å². The number of carboxylic acids is 1. The summed E-state index contributed by atoms with van der Waals surface area (Å²) in [5.74, 6) is 0.854. The van der Waals surface area contributed by atoms with E-state index >= 15 is 0 Å². The number of carboxylic acid groups (broad SMARTS) is 1. The summed E-state index contributed by atoms with van der Waals surface area (Å²) in [5.41, 5.74) is 3.21. The molecule has 0 radical (unpaired) electrons. The van der Waals surface area contributed by atoms with Crippen molar-refractivity contribution in [2.24, 2.45) is 5.92 Å². The van der Waals surface area contributed by atoms with Crippen molar-refractivity contribution >= 4 is 28.3 Å². The van der Waals surface area contributed by atoms with Gasteiger partial charge in [-0.25, -0.2) is 0 Å². The first-order valence-electron chi connectivity index (χ1n) is 12.1. The Kier molecular flexibility index (Phi) is 6.72. The molecule has 0 saturated heterocycles. The van der Waals surface area contributed by atoms with Crippen molar-refractivity contribution in [3.63, 3.8) is 0 Å². The van der Waals surface area contributed by atoms with Gasteiger partial charge in [-0.3, -0.25) is 14.9 Å². The molecule has 0 aliphatic heterocycles. The van der Waals surface area contributed by atoms with E-state index in [9.17, 15) is 9.59 Å². The third-order valence-electron chi connectivity index (χ3n) is 7.37. The van der Waals surface area contributed by atoms with Crippen molar-refractivity contribution in [1.82, 2.24) is 10.2 Å². The Bertz CT molecular complexity index is 1130. The summed E-state index contributed by atoms with van der Waals surface area (Å²) in [6.45, 7) is 0. The molecule has 34 heavy (non-hydrogen) atoms. The van der Waals surface area contributed by atoms with E-state index in [1.165, 1.54) is 22.5 Å². The van der Waals surface area contributed by atoms with E-state index < -0.39 is 5.97 Å². The Morgan fingerprint density at radius 1 is 0.853 bits per heavy atom. The van der Waals surface area contributed by atoms with E-state index in [0.29, 0.717) is 34.4 Å². The van der Waals surface area contributed by atoms with E-state index in [-0.39, 0.29) is 12.3 Å². The van der Waals surface area contributed by atoms with Gasteiger partial charge in [0.1, 0.15) is 5.01 Å². The lowest BCUT2D eigenvalue weighted by Crippen LogP contribution is -2.19. The summed E-state index contributed by atoms with van der Waals surface area (Å²) in [6.07, 6.45) is 6.33. The number of amides is 1. The summed E-state index contributed by atoms with van der Waals surface area (Å²) >= 11 is 1.47. The highest BCUT2D eigenvalue weighted by Gasteiger charge is 2.34. The number of aromatic nitrogens is 2. The zero-order valence-electron chi connectivity index (χ0n) is 19.0. The molecule has 1 heterocycles. The van der Waals surface area contributed by atoms with Gasteiger partial charge >= 0.3 is 5.97 Å². The maximum atomic E-state index is 12.7. The molecule has 0 spiro atoms. The number of hydrogen-bond donors (Lipinski definition) is 2. The molecule has 176 valence electrons. The number of rotatable bonds is 7. The van der Waals surface area contributed by atoms with Crippen LogP contribution in [-0.4, -0.2) is 27.2 Å². The van der Waals surface area contributed by atoms with Gasteiger partial charge in [-0.05, 0) is 79.5 Å². The fraction of sp³-hybridized carbons (Fsp3) is 0.407. The fourth-order valence-corrected chi connectivity index (χ4v) is 6.15. The quantitative estimate of drug-likeness (QED) is 0.424. The van der Waals surface area contributed by atoms with Gasteiger partial charge < -0.3 is 5.11 Å². The van der Waals surface area contributed by atoms with E-state index in [0.717, 1.165) is 43.5 Å². The average Bonchev–Trinajstić information content (AvgIpc) is 3.27. The Labute approximate surface area is 203 Å². The maximum absolute atomic E-state index is 12.7. The lowest BCUT2D eigenvalue weighted by Gasteiger charge is -2.34. The molecule has 5 rings (SSSR count). The third-order valence-corrected chi connectivity index (χ3v) is 8.37. The van der Waals surface area contributed by atoms with E-state index in [1.54, 1.807) is 0 Å². The average molecular weight is 476 g/mol. The predicted molar refractivity (Wildman–Crippen MR) is 132 cm³/mol. The zero-order valence-corrected chi connectivity index (χ0v) is 19.8. The van der Waals surface area contributed by atoms with Gasteiger partial charge in [-0.2, -0.15) is 0 Å². The predicted octanol–water partition coefficient (Wildman–Crippen LogP) is 6.20. The molecule has 2 aromatic carbocycles. The Morgan fingerprint density at radius 3 is 2.21 bits per heavy atom. The molecule has 2 aliphatic carbocycles. The molecule has 0 atom stereocenters. The van der Waals surface area contributed by atoms with Gasteiger partial charge in [-0.15, -0.1) is 10.2 Å². The molecule has 1 amide bonds. The second kappa shape index (κ2) is 10.1. The van der Waals surface area contributed by atoms with Crippen LogP contribution >= 0.6 is 11.3 Å². The second-order valence-electron chi connectivity index (χ2n) is 9.61. The topological polar surface area (TPSA) is 92.2 Å². The van der Waals surface area contributed by atoms with Gasteiger partial charge in [0.05, 0.1) is 0 Å². The van der Waals surface area contributed by atoms with Crippen LogP contribution < -0.4 is 5.32 Å². The van der Waals surface area contributed by atoms with Gasteiger partial charge in [0.25, 0.3) is 5.91 Å². The summed E-state index contributed by atoms with van der Waals surface area (Å²) in [4.78, 5) is 23.6. The van der Waals surface area contributed by atoms with Crippen LogP contribution in [0.25, 0.3) is 0 Å². The Balaban J connectivity index is 1.12. The number of nitrogens with zero attached hydrogens (tertiary/aromatic N) is 2. The normalized spacial score (nSPS) is 24.2. The third kappa shape index (κ3) is 5.20. The molecule has 0 bridgehead atoms. The minimum atomic E-state index is -0.703. The van der Waals surface area contributed by atoms with Crippen molar-refractivity contribution in [3.8, 4) is 0 Å². The lowest BCUT2D eigenvalue weighted by atomic mass is 9.72. The monoisotopic (exact) mass is 475 g/mol. The highest BCUT2D eigenvalue weighted by molar-refractivity contribution is 7.15. The van der Waals surface area contributed by atoms with Crippen LogP contribution in [-0.2, 0) is 4.79 Å². The number of aliphatic carboxylic acids is 1. The standard InChI is InChI=1S/C27H29N3O3S/c31-24(32)14-17-6-8-19(9-7-17)20-10-12-21(13-11-20)25(33)28-27-30-29-26(34-27)23-15-22(16-23)18-4-2-1-3-5-18/h1-5,10-13,17,19,22-23H,6-9,14-16H2,(H,31,32)(H,28,30,33)/t17-,19-,22?,23?. The van der Waals surface area contributed by atoms with Crippen molar-refractivity contribution in [3.05, 3.63) is 76.3 Å². The minimum absolute atomic E-state index is 0.171. The molecule has 3 aromatic rings. The number of benzene rings is 2. The van der Waals surface area contributed by atoms with Crippen molar-refractivity contribution in [2.45, 2.75) is 62.7 Å². The SMILES string of the molecule is O=C(O)C[C@H]1CC[C@H](c2ccc(C(=O)Nc3nnc(C4CC(c5ccccc5)C4)s3)cc2)CC1. The minimum Gasteiger partial charge on any atom is -0.481 e. The summed E-state index contributed by atoms with van der Waals surface area (Å²) in [6, 6.07) is 18.4. The summed E-state index contributed by atoms with van der Waals surface area (Å²) in [5, 5.41) is 22.0. The van der Waals surface area contributed by atoms with Gasteiger partial charge in [-0.1, -0.05) is 53.8 Å². The first-order valence-corrected chi connectivity index (χ1v) is 12.9. The number of carbonyl (C=O) groups is 2. The molecule has 2 fully saturated rings. The molecule has 0 unspecified atom stereocenters. The van der Waals surface area contributed by atoms with Crippen LogP contribution in [0.3, 0.4) is 0 Å². The number of anilines is 1. The number of nitrogens with one attached hydrogen (secondary N) is 1. The number of carbonyl (C=O) groups excluding carboxylic acids is 1. The van der Waals surface area contributed by atoms with E-state index in [1.807, 2.05) is 30.3 Å². The van der Waals surface area contributed by atoms with Crippen molar-refractivity contribution < 1.29 is 14.7 Å². The van der Waals surface area contributed by atoms with Crippen LogP contribution in [0.4, 0.5) is 5.13 Å². The molecule has 6 nitrogen and oxygen atoms in total. The van der Waals surface area contributed by atoms with Gasteiger partial charge in [0, 0.05) is 17.9 Å². The fourth-order valence-electron chi connectivity index (χ4n) is 5.29. The second-order valence-corrected chi connectivity index (χ2v) is 10.6. The molecule has 2 saturated carbocycles. The summed E-state index contributed by atoms with van der Waals surface area (Å²) < 4.78 is 0. The van der Waals surface area contributed by atoms with Crippen LogP contribution in [0.1, 0.15) is 89.2 Å². The molecular formula is C27H29N3O3S. The largest absolute Gasteiger partial charge is 0.481 e. The maximum Gasteiger partial charge on any atom is 0.303 e. The molecule has 2 N–H and O–H groups in total. The van der Waals surface area contributed by atoms with Crippen molar-refractivity contribution in [2.75, 3.05) is 5.32 Å². The van der Waals surface area contributed by atoms with Gasteiger partial charge in [0.15, 0.2) is 0 Å². The highest BCUT2D eigenvalue weighted by atomic mass is 32.1. The first kappa shape index (κ1) is 22.7. The van der Waals surface area contributed by atoms with E-state index in [2.05, 4.69) is 39.8 Å². The van der Waals surface area contributed by atoms with E-state index in [4.69, 9.17) is 5.11 Å². The molecule has 1 aromatic heterocycles. The van der Waals surface area contributed by atoms with Crippen LogP contribution in [0.15, 0.2) is 54.6 Å². The first-order chi connectivity index (χ1) is 16.5. The smallest absolute Gasteiger partial charge is 0.303 e. The zero-order chi connectivity index (χ0) is 23.5. The highest BCUT2D eigenvalue weighted by Crippen LogP contribution is 2.48.